The molecule has 1 saturated carbocycles. The van der Waals surface area contributed by atoms with Gasteiger partial charge in [0.25, 0.3) is 0 Å². The SMILES string of the molecule is O=C(Nc1cccc(N2CCCCC2=O)c1)C(=O)NC1CCCCCC1. The summed E-state index contributed by atoms with van der Waals surface area (Å²) in [6.45, 7) is 0.693. The van der Waals surface area contributed by atoms with Gasteiger partial charge in [0, 0.05) is 30.4 Å². The zero-order valence-corrected chi connectivity index (χ0v) is 15.1. The van der Waals surface area contributed by atoms with Crippen LogP contribution in [0.15, 0.2) is 24.3 Å². The van der Waals surface area contributed by atoms with Crippen molar-refractivity contribution in [2.45, 2.75) is 63.8 Å². The van der Waals surface area contributed by atoms with Crippen LogP contribution < -0.4 is 15.5 Å². The Morgan fingerprint density at radius 3 is 2.46 bits per heavy atom. The Hall–Kier alpha value is -2.37. The zero-order chi connectivity index (χ0) is 18.4. The molecule has 0 aromatic heterocycles. The van der Waals surface area contributed by atoms with Gasteiger partial charge in [0.15, 0.2) is 0 Å². The minimum Gasteiger partial charge on any atom is -0.345 e. The third-order valence-corrected chi connectivity index (χ3v) is 5.14. The molecule has 1 aliphatic heterocycles. The van der Waals surface area contributed by atoms with E-state index >= 15 is 0 Å². The van der Waals surface area contributed by atoms with Crippen LogP contribution in [0, 0.1) is 0 Å². The molecule has 2 fully saturated rings. The normalized spacial score (nSPS) is 18.9. The first-order valence-corrected chi connectivity index (χ1v) is 9.66. The van der Waals surface area contributed by atoms with Gasteiger partial charge in [-0.1, -0.05) is 31.7 Å². The van der Waals surface area contributed by atoms with Crippen LogP contribution in [0.25, 0.3) is 0 Å². The Morgan fingerprint density at radius 2 is 1.73 bits per heavy atom. The third kappa shape index (κ3) is 4.84. The summed E-state index contributed by atoms with van der Waals surface area (Å²) in [5, 5.41) is 5.50. The average Bonchev–Trinajstić information content (AvgIpc) is 2.91. The molecule has 1 aromatic rings. The highest BCUT2D eigenvalue weighted by Gasteiger charge is 2.22. The molecule has 0 atom stereocenters. The number of hydrogen-bond donors (Lipinski definition) is 2. The summed E-state index contributed by atoms with van der Waals surface area (Å²) in [5.41, 5.74) is 1.29. The minimum atomic E-state index is -0.656. The van der Waals surface area contributed by atoms with Crippen molar-refractivity contribution in [1.29, 1.82) is 0 Å². The fourth-order valence-electron chi connectivity index (χ4n) is 3.69. The summed E-state index contributed by atoms with van der Waals surface area (Å²) >= 11 is 0. The second-order valence-corrected chi connectivity index (χ2v) is 7.17. The van der Waals surface area contributed by atoms with Crippen LogP contribution in [0.1, 0.15) is 57.8 Å². The van der Waals surface area contributed by atoms with Gasteiger partial charge >= 0.3 is 11.8 Å². The Bertz CT molecular complexity index is 666. The highest BCUT2D eigenvalue weighted by Crippen LogP contribution is 2.24. The lowest BCUT2D eigenvalue weighted by Crippen LogP contribution is -2.41. The van der Waals surface area contributed by atoms with E-state index in [4.69, 9.17) is 0 Å². The maximum atomic E-state index is 12.2. The molecule has 1 aromatic carbocycles. The predicted molar refractivity (Wildman–Crippen MR) is 101 cm³/mol. The van der Waals surface area contributed by atoms with Gasteiger partial charge in [-0.2, -0.15) is 0 Å². The van der Waals surface area contributed by atoms with E-state index in [0.717, 1.165) is 44.2 Å². The molecule has 26 heavy (non-hydrogen) atoms. The summed E-state index contributed by atoms with van der Waals surface area (Å²) in [5.74, 6) is -1.14. The van der Waals surface area contributed by atoms with E-state index in [1.165, 1.54) is 12.8 Å². The fraction of sp³-hybridized carbons (Fsp3) is 0.550. The number of amides is 3. The summed E-state index contributed by atoms with van der Waals surface area (Å²) < 4.78 is 0. The Labute approximate surface area is 154 Å². The monoisotopic (exact) mass is 357 g/mol. The summed E-state index contributed by atoms with van der Waals surface area (Å²) in [4.78, 5) is 38.2. The van der Waals surface area contributed by atoms with E-state index in [9.17, 15) is 14.4 Å². The van der Waals surface area contributed by atoms with Gasteiger partial charge < -0.3 is 15.5 Å². The molecule has 1 aliphatic carbocycles. The minimum absolute atomic E-state index is 0.0908. The quantitative estimate of drug-likeness (QED) is 0.645. The van der Waals surface area contributed by atoms with Crippen LogP contribution in [-0.4, -0.2) is 30.3 Å². The number of anilines is 2. The number of piperidine rings is 1. The van der Waals surface area contributed by atoms with Crippen LogP contribution in [0.5, 0.6) is 0 Å². The van der Waals surface area contributed by atoms with Crippen molar-refractivity contribution >= 4 is 29.1 Å². The standard InChI is InChI=1S/C20H27N3O3/c24-18-12-5-6-13-23(18)17-11-7-10-16(14-17)22-20(26)19(25)21-15-8-3-1-2-4-9-15/h7,10-11,14-15H,1-6,8-9,12-13H2,(H,21,25)(H,22,26). The molecule has 0 bridgehead atoms. The van der Waals surface area contributed by atoms with Gasteiger partial charge in [-0.15, -0.1) is 0 Å². The van der Waals surface area contributed by atoms with Gasteiger partial charge in [-0.3, -0.25) is 14.4 Å². The molecule has 0 radical (unpaired) electrons. The molecule has 140 valence electrons. The van der Waals surface area contributed by atoms with Gasteiger partial charge in [0.2, 0.25) is 5.91 Å². The lowest BCUT2D eigenvalue weighted by Gasteiger charge is -2.27. The number of carbonyl (C=O) groups is 3. The molecule has 3 amide bonds. The van der Waals surface area contributed by atoms with E-state index in [2.05, 4.69) is 10.6 Å². The van der Waals surface area contributed by atoms with E-state index < -0.39 is 11.8 Å². The molecule has 1 saturated heterocycles. The van der Waals surface area contributed by atoms with Gasteiger partial charge in [0.05, 0.1) is 0 Å². The second kappa shape index (κ2) is 8.83. The summed E-state index contributed by atoms with van der Waals surface area (Å²) in [6, 6.07) is 7.21. The van der Waals surface area contributed by atoms with E-state index in [1.807, 2.05) is 6.07 Å². The first kappa shape index (κ1) is 18.4. The predicted octanol–water partition coefficient (Wildman–Crippen LogP) is 2.98. The molecular formula is C20H27N3O3. The van der Waals surface area contributed by atoms with Crippen molar-refractivity contribution in [3.8, 4) is 0 Å². The lowest BCUT2D eigenvalue weighted by atomic mass is 10.1. The average molecular weight is 357 g/mol. The maximum Gasteiger partial charge on any atom is 0.313 e. The number of benzene rings is 1. The lowest BCUT2D eigenvalue weighted by molar-refractivity contribution is -0.136. The van der Waals surface area contributed by atoms with Gasteiger partial charge in [-0.25, -0.2) is 0 Å². The van der Waals surface area contributed by atoms with Crippen LogP contribution in [-0.2, 0) is 14.4 Å². The molecular weight excluding hydrogens is 330 g/mol. The molecule has 0 spiro atoms. The molecule has 6 heteroatoms. The Kier molecular flexibility index (Phi) is 6.26. The van der Waals surface area contributed by atoms with Crippen molar-refractivity contribution in [3.05, 3.63) is 24.3 Å². The van der Waals surface area contributed by atoms with Gasteiger partial charge in [-0.05, 0) is 43.9 Å². The molecule has 0 unspecified atom stereocenters. The fourth-order valence-corrected chi connectivity index (χ4v) is 3.69. The van der Waals surface area contributed by atoms with Crippen LogP contribution in [0.2, 0.25) is 0 Å². The van der Waals surface area contributed by atoms with Crippen molar-refractivity contribution in [1.82, 2.24) is 5.32 Å². The zero-order valence-electron chi connectivity index (χ0n) is 15.1. The smallest absolute Gasteiger partial charge is 0.313 e. The largest absolute Gasteiger partial charge is 0.345 e. The molecule has 6 nitrogen and oxygen atoms in total. The van der Waals surface area contributed by atoms with Gasteiger partial charge in [0.1, 0.15) is 0 Å². The van der Waals surface area contributed by atoms with Crippen molar-refractivity contribution in [3.63, 3.8) is 0 Å². The van der Waals surface area contributed by atoms with E-state index in [-0.39, 0.29) is 11.9 Å². The third-order valence-electron chi connectivity index (χ3n) is 5.14. The molecule has 2 N–H and O–H groups in total. The Morgan fingerprint density at radius 1 is 0.962 bits per heavy atom. The van der Waals surface area contributed by atoms with Crippen LogP contribution in [0.4, 0.5) is 11.4 Å². The first-order valence-electron chi connectivity index (χ1n) is 9.66. The number of rotatable bonds is 3. The number of nitrogens with zero attached hydrogens (tertiary/aromatic N) is 1. The first-order chi connectivity index (χ1) is 12.6. The second-order valence-electron chi connectivity index (χ2n) is 7.17. The van der Waals surface area contributed by atoms with Crippen molar-refractivity contribution < 1.29 is 14.4 Å². The van der Waals surface area contributed by atoms with Crippen molar-refractivity contribution in [2.24, 2.45) is 0 Å². The Balaban J connectivity index is 1.59. The van der Waals surface area contributed by atoms with E-state index in [1.54, 1.807) is 23.1 Å². The van der Waals surface area contributed by atoms with Crippen molar-refractivity contribution in [2.75, 3.05) is 16.8 Å². The van der Waals surface area contributed by atoms with Crippen LogP contribution >= 0.6 is 0 Å². The summed E-state index contributed by atoms with van der Waals surface area (Å²) in [6.07, 6.45) is 8.91. The highest BCUT2D eigenvalue weighted by atomic mass is 16.2. The summed E-state index contributed by atoms with van der Waals surface area (Å²) in [7, 11) is 0. The van der Waals surface area contributed by atoms with E-state index in [0.29, 0.717) is 18.7 Å². The number of nitrogens with one attached hydrogen (secondary N) is 2. The maximum absolute atomic E-state index is 12.2. The molecule has 2 aliphatic rings. The van der Waals surface area contributed by atoms with Crippen LogP contribution in [0.3, 0.4) is 0 Å². The topological polar surface area (TPSA) is 78.5 Å². The highest BCUT2D eigenvalue weighted by molar-refractivity contribution is 6.39. The molecule has 1 heterocycles. The number of carbonyl (C=O) groups excluding carboxylic acids is 3. The number of hydrogen-bond acceptors (Lipinski definition) is 3. The molecule has 3 rings (SSSR count).